The minimum Gasteiger partial charge on any atom is -0.310 e. The normalized spacial score (nSPS) is 12.9. The number of hydrogen-bond acceptors (Lipinski definition) is 2. The van der Waals surface area contributed by atoms with E-state index in [4.69, 9.17) is 0 Å². The molecular weight excluding hydrogens is 1450 g/mol. The lowest BCUT2D eigenvalue weighted by Crippen LogP contribution is -2.61. The summed E-state index contributed by atoms with van der Waals surface area (Å²) in [6.07, 6.45) is 0. The summed E-state index contributed by atoms with van der Waals surface area (Å²) in [5, 5.41) is 9.75. The highest BCUT2D eigenvalue weighted by molar-refractivity contribution is 7.00. The fraction of sp³-hybridized carbons (Fsp3) is 0.0973. The fourth-order valence-electron chi connectivity index (χ4n) is 20.2. The van der Waals surface area contributed by atoms with Gasteiger partial charge in [0.05, 0.1) is 55.5 Å². The molecule has 0 saturated heterocycles. The summed E-state index contributed by atoms with van der Waals surface area (Å²) in [5.41, 5.74) is 36.8. The quantitative estimate of drug-likeness (QED) is 0.121. The van der Waals surface area contributed by atoms with Crippen molar-refractivity contribution in [2.75, 3.05) is 9.80 Å². The van der Waals surface area contributed by atoms with Crippen molar-refractivity contribution in [2.45, 2.75) is 72.1 Å². The molecule has 0 amide bonds. The molecule has 0 fully saturated rings. The van der Waals surface area contributed by atoms with Crippen molar-refractivity contribution in [3.63, 3.8) is 0 Å². The van der Waals surface area contributed by atoms with Gasteiger partial charge in [-0.2, -0.15) is 0 Å². The van der Waals surface area contributed by atoms with Crippen LogP contribution in [0.15, 0.2) is 376 Å². The number of aromatic nitrogens is 4. The molecule has 120 heavy (non-hydrogen) atoms. The third kappa shape index (κ3) is 11.0. The maximum Gasteiger partial charge on any atom is 0.252 e. The Bertz CT molecular complexity index is 7100. The van der Waals surface area contributed by atoms with Gasteiger partial charge in [0.1, 0.15) is 0 Å². The largest absolute Gasteiger partial charge is 0.310 e. The van der Waals surface area contributed by atoms with Gasteiger partial charge in [-0.15, -0.1) is 0 Å². The zero-order chi connectivity index (χ0) is 80.6. The van der Waals surface area contributed by atoms with Crippen LogP contribution in [0.4, 0.5) is 34.1 Å². The number of nitrogens with zero attached hydrogens (tertiary/aromatic N) is 6. The molecule has 17 aromatic carbocycles. The Morgan fingerprint density at radius 3 is 0.767 bits per heavy atom. The summed E-state index contributed by atoms with van der Waals surface area (Å²) in [6, 6.07) is 143. The Balaban J connectivity index is 0.846. The Labute approximate surface area is 700 Å². The Kier molecular flexibility index (Phi) is 16.0. The van der Waals surface area contributed by atoms with Crippen molar-refractivity contribution in [3.05, 3.63) is 393 Å². The summed E-state index contributed by atoms with van der Waals surface area (Å²) < 4.78 is 9.99. The van der Waals surface area contributed by atoms with Gasteiger partial charge in [-0.1, -0.05) is 298 Å². The molecule has 21 aromatic rings. The molecule has 0 spiro atoms. The third-order valence-corrected chi connectivity index (χ3v) is 26.0. The van der Waals surface area contributed by atoms with Crippen LogP contribution in [-0.2, 0) is 10.8 Å². The lowest BCUT2D eigenvalue weighted by molar-refractivity contribution is 0.590. The van der Waals surface area contributed by atoms with Crippen LogP contribution < -0.4 is 26.2 Å². The van der Waals surface area contributed by atoms with Crippen LogP contribution >= 0.6 is 0 Å². The molecule has 23 rings (SSSR count). The molecule has 0 bridgehead atoms. The predicted molar refractivity (Wildman–Crippen MR) is 511 cm³/mol. The van der Waals surface area contributed by atoms with Crippen molar-refractivity contribution in [3.8, 4) is 67.3 Å². The van der Waals surface area contributed by atoms with E-state index < -0.39 is 0 Å². The molecule has 0 radical (unpaired) electrons. The van der Waals surface area contributed by atoms with E-state index >= 15 is 0 Å². The molecule has 6 nitrogen and oxygen atoms in total. The van der Waals surface area contributed by atoms with Crippen molar-refractivity contribution >= 4 is 144 Å². The van der Waals surface area contributed by atoms with Gasteiger partial charge in [0.25, 0.3) is 6.71 Å². The molecule has 6 heterocycles. The standard InChI is InChI=1S/C113H87BN6/c1-71(2)76-61-107-109-108(62-76)120(111-91(74-37-17-11-18-38-74)65-78(113(6,7)8)66-92(111)75-39-19-12-20-40-75)106-70-82(118-102-52-32-26-46-88(102)94-68-80(56-60-104(94)118)116-99-49-29-23-43-85(99)86-44-24-30-50-100(86)116)54-58-96(106)114(109)95-57-53-81(69-105(95)119(107)110-89(72-33-13-9-14-34-72)63-77(112(3,4)5)64-90(110)73-35-15-10-16-36-73)117-101-51-31-25-45-87(101)93-67-79(55-59-103(93)117)115-97-47-27-21-41-83(97)84-42-22-28-48-98(84)115/h9-71H,1-8H3. The lowest BCUT2D eigenvalue weighted by atomic mass is 9.33. The Morgan fingerprint density at radius 2 is 0.483 bits per heavy atom. The number of hydrogen-bond donors (Lipinski definition) is 0. The van der Waals surface area contributed by atoms with Crippen LogP contribution in [0.2, 0.25) is 0 Å². The number of fused-ring (bicyclic) bond motifs is 16. The molecule has 0 N–H and O–H groups in total. The monoisotopic (exact) mass is 1540 g/mol. The van der Waals surface area contributed by atoms with Crippen LogP contribution in [0.25, 0.3) is 154 Å². The SMILES string of the molecule is CC(C)c1cc2c3c(c1)N(c1c(-c4ccccc4)cc(C(C)(C)C)cc1-c1ccccc1)c1cc(-n4c5ccccc5c5cc(-n6c7ccccc7c7ccccc76)ccc54)ccc1B3c1ccc(-n3c4ccccc4c4cc(-n5c6ccccc6c6ccccc65)ccc43)cc1N2c1c(-c2ccccc2)cc(C(C)(C)C)cc1-c1ccccc1. The second kappa shape index (κ2) is 27.1. The van der Waals surface area contributed by atoms with E-state index in [-0.39, 0.29) is 23.5 Å². The van der Waals surface area contributed by atoms with Gasteiger partial charge in [-0.3, -0.25) is 0 Å². The highest BCUT2D eigenvalue weighted by Gasteiger charge is 2.47. The molecule has 0 aliphatic carbocycles. The fourth-order valence-corrected chi connectivity index (χ4v) is 20.2. The average Bonchev–Trinajstić information content (AvgIpc) is 0.870. The third-order valence-electron chi connectivity index (χ3n) is 26.0. The first-order valence-electron chi connectivity index (χ1n) is 42.4. The van der Waals surface area contributed by atoms with E-state index in [2.05, 4.69) is 460 Å². The molecule has 0 unspecified atom stereocenters. The average molecular weight is 1540 g/mol. The van der Waals surface area contributed by atoms with Crippen molar-refractivity contribution in [1.82, 2.24) is 18.3 Å². The van der Waals surface area contributed by atoms with Crippen LogP contribution in [0, 0.1) is 0 Å². The summed E-state index contributed by atoms with van der Waals surface area (Å²) in [7, 11) is 0. The van der Waals surface area contributed by atoms with Gasteiger partial charge in [0, 0.05) is 111 Å². The van der Waals surface area contributed by atoms with E-state index in [1.54, 1.807) is 0 Å². The van der Waals surface area contributed by atoms with Crippen molar-refractivity contribution < 1.29 is 0 Å². The lowest BCUT2D eigenvalue weighted by Gasteiger charge is -2.46. The Morgan fingerprint density at radius 1 is 0.233 bits per heavy atom. The first-order chi connectivity index (χ1) is 58.7. The van der Waals surface area contributed by atoms with Gasteiger partial charge in [0.15, 0.2) is 0 Å². The number of para-hydroxylation sites is 6. The summed E-state index contributed by atoms with van der Waals surface area (Å²) in [5.74, 6) is 0.0973. The predicted octanol–water partition coefficient (Wildman–Crippen LogP) is 28.5. The van der Waals surface area contributed by atoms with E-state index in [9.17, 15) is 0 Å². The molecule has 2 aliphatic rings. The molecule has 0 atom stereocenters. The summed E-state index contributed by atoms with van der Waals surface area (Å²) in [4.78, 5) is 5.49. The van der Waals surface area contributed by atoms with Gasteiger partial charge >= 0.3 is 0 Å². The smallest absolute Gasteiger partial charge is 0.252 e. The molecular formula is C113H87BN6. The number of benzene rings is 17. The van der Waals surface area contributed by atoms with Gasteiger partial charge in [-0.05, 0) is 206 Å². The number of anilines is 6. The zero-order valence-corrected chi connectivity index (χ0v) is 68.6. The van der Waals surface area contributed by atoms with Crippen molar-refractivity contribution in [2.24, 2.45) is 0 Å². The first kappa shape index (κ1) is 71.0. The summed E-state index contributed by atoms with van der Waals surface area (Å²) >= 11 is 0. The number of rotatable bonds is 11. The second-order valence-corrected chi connectivity index (χ2v) is 35.4. The highest BCUT2D eigenvalue weighted by Crippen LogP contribution is 2.56. The van der Waals surface area contributed by atoms with Crippen LogP contribution in [0.5, 0.6) is 0 Å². The van der Waals surface area contributed by atoms with Crippen LogP contribution in [-0.4, -0.2) is 25.0 Å². The zero-order valence-electron chi connectivity index (χ0n) is 68.6. The van der Waals surface area contributed by atoms with Gasteiger partial charge in [-0.25, -0.2) is 0 Å². The maximum absolute atomic E-state index is 2.74. The summed E-state index contributed by atoms with van der Waals surface area (Å²) in [6.45, 7) is 18.7. The van der Waals surface area contributed by atoms with E-state index in [0.29, 0.717) is 0 Å². The van der Waals surface area contributed by atoms with E-state index in [1.165, 1.54) is 98.2 Å². The Hall–Kier alpha value is -14.4. The van der Waals surface area contributed by atoms with Gasteiger partial charge in [0.2, 0.25) is 0 Å². The molecule has 2 aliphatic heterocycles. The second-order valence-electron chi connectivity index (χ2n) is 35.4. The molecule has 0 saturated carbocycles. The maximum atomic E-state index is 2.74. The van der Waals surface area contributed by atoms with E-state index in [1.807, 2.05) is 0 Å². The van der Waals surface area contributed by atoms with Crippen LogP contribution in [0.1, 0.15) is 78.0 Å². The first-order valence-corrected chi connectivity index (χ1v) is 42.4. The minimum absolute atomic E-state index is 0.0973. The van der Waals surface area contributed by atoms with Crippen LogP contribution in [0.3, 0.4) is 0 Å². The minimum atomic E-state index is -0.279. The molecule has 7 heteroatoms. The molecule has 572 valence electrons. The topological polar surface area (TPSA) is 26.2 Å². The van der Waals surface area contributed by atoms with Crippen molar-refractivity contribution in [1.29, 1.82) is 0 Å². The van der Waals surface area contributed by atoms with Gasteiger partial charge < -0.3 is 28.1 Å². The highest BCUT2D eigenvalue weighted by atomic mass is 15.2. The van der Waals surface area contributed by atoms with E-state index in [0.717, 1.165) is 123 Å². The molecule has 4 aromatic heterocycles.